The third kappa shape index (κ3) is 3.23. The van der Waals surface area contributed by atoms with E-state index in [9.17, 15) is 8.78 Å². The summed E-state index contributed by atoms with van der Waals surface area (Å²) in [6.07, 6.45) is 0. The highest BCUT2D eigenvalue weighted by atomic mass is 32.2. The molecule has 0 aliphatic rings. The highest BCUT2D eigenvalue weighted by Crippen LogP contribution is 2.28. The van der Waals surface area contributed by atoms with Gasteiger partial charge >= 0.3 is 0 Å². The molecule has 0 bridgehead atoms. The summed E-state index contributed by atoms with van der Waals surface area (Å²) in [5.74, 6) is -0.580. The molecule has 18 heavy (non-hydrogen) atoms. The van der Waals surface area contributed by atoms with Crippen LogP contribution in [0.3, 0.4) is 0 Å². The standard InChI is InChI=1S/C14H13F2NS/c1-9-2-3-13(17)7-14(9)18-8-10-4-11(15)6-12(16)5-10/h2-7H,8,17H2,1H3. The summed E-state index contributed by atoms with van der Waals surface area (Å²) in [5, 5.41) is 0. The number of halogens is 2. The Balaban J connectivity index is 2.13. The van der Waals surface area contributed by atoms with Crippen molar-refractivity contribution < 1.29 is 8.78 Å². The van der Waals surface area contributed by atoms with Crippen molar-refractivity contribution in [3.63, 3.8) is 0 Å². The average molecular weight is 265 g/mol. The summed E-state index contributed by atoms with van der Waals surface area (Å²) < 4.78 is 26.1. The zero-order valence-electron chi connectivity index (χ0n) is 9.91. The highest BCUT2D eigenvalue weighted by molar-refractivity contribution is 7.98. The lowest BCUT2D eigenvalue weighted by molar-refractivity contribution is 0.581. The van der Waals surface area contributed by atoms with Crippen LogP contribution in [0.2, 0.25) is 0 Å². The predicted molar refractivity (Wildman–Crippen MR) is 71.5 cm³/mol. The van der Waals surface area contributed by atoms with Gasteiger partial charge in [-0.25, -0.2) is 8.78 Å². The Morgan fingerprint density at radius 3 is 2.39 bits per heavy atom. The van der Waals surface area contributed by atoms with Gasteiger partial charge < -0.3 is 5.73 Å². The van der Waals surface area contributed by atoms with E-state index in [1.807, 2.05) is 25.1 Å². The molecule has 1 nitrogen and oxygen atoms in total. The first-order valence-corrected chi connectivity index (χ1v) is 6.47. The van der Waals surface area contributed by atoms with Crippen LogP contribution in [-0.2, 0) is 5.75 Å². The Kier molecular flexibility index (Phi) is 3.87. The number of nitrogen functional groups attached to an aromatic ring is 1. The Bertz CT molecular complexity index is 549. The van der Waals surface area contributed by atoms with Crippen LogP contribution in [0.15, 0.2) is 41.3 Å². The van der Waals surface area contributed by atoms with E-state index >= 15 is 0 Å². The molecular formula is C14H13F2NS. The van der Waals surface area contributed by atoms with E-state index < -0.39 is 11.6 Å². The number of thioether (sulfide) groups is 1. The maximum Gasteiger partial charge on any atom is 0.126 e. The summed E-state index contributed by atoms with van der Waals surface area (Å²) in [6, 6.07) is 9.20. The monoisotopic (exact) mass is 265 g/mol. The van der Waals surface area contributed by atoms with Crippen molar-refractivity contribution in [2.24, 2.45) is 0 Å². The molecule has 4 heteroatoms. The Labute approximate surface area is 109 Å². The molecule has 94 valence electrons. The average Bonchev–Trinajstić information content (AvgIpc) is 2.29. The molecule has 0 fully saturated rings. The lowest BCUT2D eigenvalue weighted by Gasteiger charge is -2.07. The first-order valence-electron chi connectivity index (χ1n) is 5.48. The molecule has 0 aliphatic heterocycles. The van der Waals surface area contributed by atoms with Gasteiger partial charge in [-0.15, -0.1) is 11.8 Å². The molecule has 2 N–H and O–H groups in total. The van der Waals surface area contributed by atoms with Gasteiger partial charge in [-0.3, -0.25) is 0 Å². The van der Waals surface area contributed by atoms with Crippen LogP contribution in [0.25, 0.3) is 0 Å². The quantitative estimate of drug-likeness (QED) is 0.666. The summed E-state index contributed by atoms with van der Waals surface area (Å²) in [5.41, 5.74) is 8.13. The van der Waals surface area contributed by atoms with E-state index in [0.29, 0.717) is 17.0 Å². The number of anilines is 1. The number of hydrogen-bond acceptors (Lipinski definition) is 2. The van der Waals surface area contributed by atoms with Crippen LogP contribution in [-0.4, -0.2) is 0 Å². The number of hydrogen-bond donors (Lipinski definition) is 1. The Morgan fingerprint density at radius 1 is 1.06 bits per heavy atom. The molecule has 0 heterocycles. The molecular weight excluding hydrogens is 252 g/mol. The molecule has 2 rings (SSSR count). The molecule has 0 unspecified atom stereocenters. The van der Waals surface area contributed by atoms with Crippen LogP contribution in [0.5, 0.6) is 0 Å². The van der Waals surface area contributed by atoms with E-state index in [-0.39, 0.29) is 0 Å². The molecule has 0 spiro atoms. The molecule has 0 saturated carbocycles. The van der Waals surface area contributed by atoms with Crippen LogP contribution in [0.1, 0.15) is 11.1 Å². The second kappa shape index (κ2) is 5.40. The number of nitrogens with two attached hydrogens (primary N) is 1. The minimum absolute atomic E-state index is 0.513. The van der Waals surface area contributed by atoms with Gasteiger partial charge in [0.05, 0.1) is 0 Å². The van der Waals surface area contributed by atoms with Gasteiger partial charge in [0.1, 0.15) is 11.6 Å². The Hall–Kier alpha value is -1.55. The molecule has 0 aromatic heterocycles. The maximum absolute atomic E-state index is 13.0. The predicted octanol–water partition coefficient (Wildman–Crippen LogP) is 4.15. The summed E-state index contributed by atoms with van der Waals surface area (Å²) >= 11 is 1.52. The number of rotatable bonds is 3. The fraction of sp³-hybridized carbons (Fsp3) is 0.143. The van der Waals surface area contributed by atoms with Crippen LogP contribution in [0, 0.1) is 18.6 Å². The second-order valence-electron chi connectivity index (χ2n) is 4.09. The first kappa shape index (κ1) is 12.9. The zero-order valence-corrected chi connectivity index (χ0v) is 10.7. The Morgan fingerprint density at radius 2 is 1.72 bits per heavy atom. The third-order valence-electron chi connectivity index (χ3n) is 2.53. The highest BCUT2D eigenvalue weighted by Gasteiger charge is 2.04. The van der Waals surface area contributed by atoms with Crippen molar-refractivity contribution in [1.82, 2.24) is 0 Å². The van der Waals surface area contributed by atoms with Gasteiger partial charge in [0, 0.05) is 22.4 Å². The lowest BCUT2D eigenvalue weighted by Crippen LogP contribution is -1.89. The molecule has 2 aromatic rings. The lowest BCUT2D eigenvalue weighted by atomic mass is 10.2. The van der Waals surface area contributed by atoms with E-state index in [1.54, 1.807) is 0 Å². The van der Waals surface area contributed by atoms with Crippen LogP contribution in [0.4, 0.5) is 14.5 Å². The van der Waals surface area contributed by atoms with E-state index in [4.69, 9.17) is 5.73 Å². The van der Waals surface area contributed by atoms with E-state index in [2.05, 4.69) is 0 Å². The second-order valence-corrected chi connectivity index (χ2v) is 5.11. The SMILES string of the molecule is Cc1ccc(N)cc1SCc1cc(F)cc(F)c1. The van der Waals surface area contributed by atoms with Gasteiger partial charge in [-0.2, -0.15) is 0 Å². The maximum atomic E-state index is 13.0. The van der Waals surface area contributed by atoms with Gasteiger partial charge in [-0.1, -0.05) is 6.07 Å². The fourth-order valence-electron chi connectivity index (χ4n) is 1.63. The summed E-state index contributed by atoms with van der Waals surface area (Å²) in [7, 11) is 0. The third-order valence-corrected chi connectivity index (χ3v) is 3.76. The van der Waals surface area contributed by atoms with Crippen molar-refractivity contribution in [2.45, 2.75) is 17.6 Å². The molecule has 0 amide bonds. The van der Waals surface area contributed by atoms with Crippen molar-refractivity contribution >= 4 is 17.4 Å². The van der Waals surface area contributed by atoms with E-state index in [1.165, 1.54) is 23.9 Å². The van der Waals surface area contributed by atoms with E-state index in [0.717, 1.165) is 16.5 Å². The van der Waals surface area contributed by atoms with Crippen molar-refractivity contribution in [2.75, 3.05) is 5.73 Å². The fourth-order valence-corrected chi connectivity index (χ4v) is 2.63. The molecule has 0 atom stereocenters. The largest absolute Gasteiger partial charge is 0.399 e. The molecule has 2 aromatic carbocycles. The summed E-state index contributed by atoms with van der Waals surface area (Å²) in [6.45, 7) is 1.98. The first-order chi connectivity index (χ1) is 8.54. The minimum Gasteiger partial charge on any atom is -0.399 e. The minimum atomic E-state index is -0.546. The molecule has 0 aliphatic carbocycles. The normalized spacial score (nSPS) is 10.6. The van der Waals surface area contributed by atoms with Gasteiger partial charge in [0.15, 0.2) is 0 Å². The topological polar surface area (TPSA) is 26.0 Å². The van der Waals surface area contributed by atoms with Gasteiger partial charge in [-0.05, 0) is 42.3 Å². The smallest absolute Gasteiger partial charge is 0.126 e. The van der Waals surface area contributed by atoms with Crippen molar-refractivity contribution in [1.29, 1.82) is 0 Å². The van der Waals surface area contributed by atoms with Crippen LogP contribution >= 0.6 is 11.8 Å². The summed E-state index contributed by atoms with van der Waals surface area (Å²) in [4.78, 5) is 1.03. The van der Waals surface area contributed by atoms with Crippen molar-refractivity contribution in [3.8, 4) is 0 Å². The zero-order chi connectivity index (χ0) is 13.1. The van der Waals surface area contributed by atoms with Gasteiger partial charge in [0.2, 0.25) is 0 Å². The van der Waals surface area contributed by atoms with Crippen LogP contribution < -0.4 is 5.73 Å². The number of benzene rings is 2. The molecule has 0 saturated heterocycles. The number of aryl methyl sites for hydroxylation is 1. The van der Waals surface area contributed by atoms with Gasteiger partial charge in [0.25, 0.3) is 0 Å². The van der Waals surface area contributed by atoms with Crippen molar-refractivity contribution in [3.05, 3.63) is 59.2 Å². The molecule has 0 radical (unpaired) electrons.